The number of carbonyl (C=O) groups is 1. The first-order valence-electron chi connectivity index (χ1n) is 9.35. The van der Waals surface area contributed by atoms with Gasteiger partial charge in [0.2, 0.25) is 15.9 Å². The zero-order valence-corrected chi connectivity index (χ0v) is 17.2. The summed E-state index contributed by atoms with van der Waals surface area (Å²) < 4.78 is 41.2. The van der Waals surface area contributed by atoms with Crippen molar-refractivity contribution in [1.82, 2.24) is 14.6 Å². The van der Waals surface area contributed by atoms with Gasteiger partial charge in [-0.05, 0) is 49.2 Å². The van der Waals surface area contributed by atoms with Crippen molar-refractivity contribution in [3.05, 3.63) is 59.4 Å². The van der Waals surface area contributed by atoms with Gasteiger partial charge in [-0.3, -0.25) is 4.79 Å². The number of amides is 1. The fraction of sp³-hybridized carbons (Fsp3) is 0.300. The quantitative estimate of drug-likeness (QED) is 0.648. The van der Waals surface area contributed by atoms with Crippen molar-refractivity contribution in [3.63, 3.8) is 0 Å². The van der Waals surface area contributed by atoms with Crippen LogP contribution in [0.2, 0.25) is 0 Å². The molecule has 3 aromatic rings. The van der Waals surface area contributed by atoms with E-state index in [1.165, 1.54) is 16.4 Å². The summed E-state index contributed by atoms with van der Waals surface area (Å²) in [4.78, 5) is 17.2. The lowest BCUT2D eigenvalue weighted by Gasteiger charge is -2.23. The summed E-state index contributed by atoms with van der Waals surface area (Å²) in [5, 5.41) is 3.77. The third kappa shape index (κ3) is 4.17. The Kier molecular flexibility index (Phi) is 5.62. The molecule has 1 aliphatic heterocycles. The second-order valence-electron chi connectivity index (χ2n) is 6.84. The Morgan fingerprint density at radius 2 is 1.97 bits per heavy atom. The average Bonchev–Trinajstić information content (AvgIpc) is 3.35. The highest BCUT2D eigenvalue weighted by molar-refractivity contribution is 7.89. The number of benzene rings is 2. The number of halogens is 1. The molecule has 0 spiro atoms. The SMILES string of the molecule is O=C(NCCc1nc2ccccc2s1)C1CCCN1S(=O)(=O)c1ccc(F)cc1. The van der Waals surface area contributed by atoms with Crippen molar-refractivity contribution in [2.75, 3.05) is 13.1 Å². The Labute approximate surface area is 172 Å². The van der Waals surface area contributed by atoms with Crippen LogP contribution >= 0.6 is 11.3 Å². The summed E-state index contributed by atoms with van der Waals surface area (Å²) in [6.07, 6.45) is 1.66. The molecule has 4 rings (SSSR count). The second-order valence-corrected chi connectivity index (χ2v) is 9.85. The highest BCUT2D eigenvalue weighted by Crippen LogP contribution is 2.26. The van der Waals surface area contributed by atoms with Crippen LogP contribution < -0.4 is 5.32 Å². The molecule has 2 heterocycles. The van der Waals surface area contributed by atoms with Crippen LogP contribution in [0.1, 0.15) is 17.8 Å². The van der Waals surface area contributed by atoms with Gasteiger partial charge in [-0.25, -0.2) is 17.8 Å². The molecule has 1 saturated heterocycles. The minimum absolute atomic E-state index is 0.00641. The predicted octanol–water partition coefficient (Wildman–Crippen LogP) is 2.95. The molecule has 1 amide bonds. The van der Waals surface area contributed by atoms with E-state index >= 15 is 0 Å². The van der Waals surface area contributed by atoms with Crippen LogP contribution in [-0.4, -0.2) is 42.7 Å². The molecule has 1 unspecified atom stereocenters. The zero-order valence-electron chi connectivity index (χ0n) is 15.5. The van der Waals surface area contributed by atoms with Crippen LogP contribution in [0, 0.1) is 5.82 Å². The fourth-order valence-corrected chi connectivity index (χ4v) is 6.09. The number of nitrogens with one attached hydrogen (secondary N) is 1. The molecule has 2 aromatic carbocycles. The van der Waals surface area contributed by atoms with Crippen LogP contribution in [-0.2, 0) is 21.2 Å². The number of carbonyl (C=O) groups excluding carboxylic acids is 1. The van der Waals surface area contributed by atoms with Crippen molar-refractivity contribution >= 4 is 37.5 Å². The summed E-state index contributed by atoms with van der Waals surface area (Å²) in [5.41, 5.74) is 0.936. The van der Waals surface area contributed by atoms with E-state index < -0.39 is 21.9 Å². The van der Waals surface area contributed by atoms with Gasteiger partial charge in [0, 0.05) is 19.5 Å². The molecule has 1 atom stereocenters. The number of hydrogen-bond acceptors (Lipinski definition) is 5. The molecule has 1 aliphatic rings. The molecule has 1 fully saturated rings. The van der Waals surface area contributed by atoms with Gasteiger partial charge < -0.3 is 5.32 Å². The minimum atomic E-state index is -3.85. The van der Waals surface area contributed by atoms with Crippen LogP contribution in [0.15, 0.2) is 53.4 Å². The van der Waals surface area contributed by atoms with Crippen molar-refractivity contribution in [2.24, 2.45) is 0 Å². The monoisotopic (exact) mass is 433 g/mol. The van der Waals surface area contributed by atoms with Crippen LogP contribution in [0.25, 0.3) is 10.2 Å². The topological polar surface area (TPSA) is 79.4 Å². The van der Waals surface area contributed by atoms with Gasteiger partial charge in [-0.2, -0.15) is 4.31 Å². The molecule has 9 heteroatoms. The lowest BCUT2D eigenvalue weighted by Crippen LogP contribution is -2.46. The third-order valence-electron chi connectivity index (χ3n) is 4.90. The summed E-state index contributed by atoms with van der Waals surface area (Å²) >= 11 is 1.59. The molecule has 6 nitrogen and oxygen atoms in total. The van der Waals surface area contributed by atoms with E-state index in [-0.39, 0.29) is 17.3 Å². The van der Waals surface area contributed by atoms with Gasteiger partial charge in [0.05, 0.1) is 20.1 Å². The predicted molar refractivity (Wildman–Crippen MR) is 110 cm³/mol. The van der Waals surface area contributed by atoms with Gasteiger partial charge in [-0.15, -0.1) is 11.3 Å². The number of thiazole rings is 1. The van der Waals surface area contributed by atoms with E-state index in [1.54, 1.807) is 11.3 Å². The van der Waals surface area contributed by atoms with Crippen LogP contribution in [0.5, 0.6) is 0 Å². The first-order chi connectivity index (χ1) is 13.9. The first-order valence-corrected chi connectivity index (χ1v) is 11.6. The van der Waals surface area contributed by atoms with Crippen LogP contribution in [0.3, 0.4) is 0 Å². The molecular weight excluding hydrogens is 413 g/mol. The maximum Gasteiger partial charge on any atom is 0.243 e. The van der Waals surface area contributed by atoms with Crippen molar-refractivity contribution in [1.29, 1.82) is 0 Å². The Bertz CT molecular complexity index is 1100. The summed E-state index contributed by atoms with van der Waals surface area (Å²) in [7, 11) is -3.85. The Hall–Kier alpha value is -2.36. The zero-order chi connectivity index (χ0) is 20.4. The molecule has 0 radical (unpaired) electrons. The van der Waals surface area contributed by atoms with Crippen LogP contribution in [0.4, 0.5) is 4.39 Å². The van der Waals surface area contributed by atoms with Crippen molar-refractivity contribution < 1.29 is 17.6 Å². The lowest BCUT2D eigenvalue weighted by molar-refractivity contribution is -0.124. The smallest absolute Gasteiger partial charge is 0.243 e. The van der Waals surface area contributed by atoms with E-state index in [9.17, 15) is 17.6 Å². The summed E-state index contributed by atoms with van der Waals surface area (Å²) in [6, 6.07) is 11.8. The number of nitrogens with zero attached hydrogens (tertiary/aromatic N) is 2. The van der Waals surface area contributed by atoms with E-state index in [0.29, 0.717) is 25.8 Å². The molecular formula is C20H20FN3O3S2. The first kappa shape index (κ1) is 19.9. The lowest BCUT2D eigenvalue weighted by atomic mass is 10.2. The maximum absolute atomic E-state index is 13.1. The standard InChI is InChI=1S/C20H20FN3O3S2/c21-14-7-9-15(10-8-14)29(26,27)24-13-3-5-17(24)20(25)22-12-11-19-23-16-4-1-2-6-18(16)28-19/h1-2,4,6-10,17H,3,5,11-13H2,(H,22,25). The van der Waals surface area contributed by atoms with Crippen molar-refractivity contribution in [2.45, 2.75) is 30.2 Å². The van der Waals surface area contributed by atoms with Gasteiger partial charge in [0.25, 0.3) is 0 Å². The largest absolute Gasteiger partial charge is 0.354 e. The van der Waals surface area contributed by atoms with Gasteiger partial charge >= 0.3 is 0 Å². The number of sulfonamides is 1. The average molecular weight is 434 g/mol. The van der Waals surface area contributed by atoms with E-state index in [4.69, 9.17) is 0 Å². The molecule has 0 saturated carbocycles. The van der Waals surface area contributed by atoms with Gasteiger partial charge in [0.15, 0.2) is 0 Å². The number of para-hydroxylation sites is 1. The number of hydrogen-bond donors (Lipinski definition) is 1. The molecule has 152 valence electrons. The summed E-state index contributed by atoms with van der Waals surface area (Å²) in [5.74, 6) is -0.816. The number of rotatable bonds is 6. The Balaban J connectivity index is 1.40. The molecule has 1 aromatic heterocycles. The summed E-state index contributed by atoms with van der Waals surface area (Å²) in [6.45, 7) is 0.662. The molecule has 0 aliphatic carbocycles. The van der Waals surface area contributed by atoms with E-state index in [2.05, 4.69) is 10.3 Å². The Morgan fingerprint density at radius 3 is 2.72 bits per heavy atom. The van der Waals surface area contributed by atoms with E-state index in [0.717, 1.165) is 27.4 Å². The normalized spacial score (nSPS) is 17.6. The molecule has 0 bridgehead atoms. The minimum Gasteiger partial charge on any atom is -0.354 e. The van der Waals surface area contributed by atoms with Gasteiger partial charge in [0.1, 0.15) is 11.9 Å². The fourth-order valence-electron chi connectivity index (χ4n) is 3.47. The highest BCUT2D eigenvalue weighted by atomic mass is 32.2. The molecule has 1 N–H and O–H groups in total. The highest BCUT2D eigenvalue weighted by Gasteiger charge is 2.39. The maximum atomic E-state index is 13.1. The van der Waals surface area contributed by atoms with Gasteiger partial charge in [-0.1, -0.05) is 12.1 Å². The Morgan fingerprint density at radius 1 is 1.21 bits per heavy atom. The molecule has 29 heavy (non-hydrogen) atoms. The van der Waals surface area contributed by atoms with E-state index in [1.807, 2.05) is 24.3 Å². The third-order valence-corrected chi connectivity index (χ3v) is 7.92. The number of aromatic nitrogens is 1. The second kappa shape index (κ2) is 8.17. The van der Waals surface area contributed by atoms with Crippen molar-refractivity contribution in [3.8, 4) is 0 Å². The number of fused-ring (bicyclic) bond motifs is 1.